The van der Waals surface area contributed by atoms with Gasteiger partial charge >= 0.3 is 5.97 Å². The van der Waals surface area contributed by atoms with Crippen molar-refractivity contribution in [3.05, 3.63) is 29.8 Å². The summed E-state index contributed by atoms with van der Waals surface area (Å²) in [7, 11) is 1.43. The lowest BCUT2D eigenvalue weighted by molar-refractivity contribution is -0.141. The van der Waals surface area contributed by atoms with Crippen LogP contribution in [0.15, 0.2) is 24.3 Å². The molecule has 0 bridgehead atoms. The SMILES string of the molecule is COC(=O)CC1(C)CNc2ccccc21. The van der Waals surface area contributed by atoms with E-state index < -0.39 is 0 Å². The van der Waals surface area contributed by atoms with Crippen LogP contribution >= 0.6 is 0 Å². The van der Waals surface area contributed by atoms with Gasteiger partial charge in [0.1, 0.15) is 0 Å². The molecule has 15 heavy (non-hydrogen) atoms. The van der Waals surface area contributed by atoms with Gasteiger partial charge in [-0.1, -0.05) is 25.1 Å². The quantitative estimate of drug-likeness (QED) is 0.750. The van der Waals surface area contributed by atoms with Crippen LogP contribution < -0.4 is 5.32 Å². The molecule has 0 fully saturated rings. The molecule has 1 unspecified atom stereocenters. The summed E-state index contributed by atoms with van der Waals surface area (Å²) in [5, 5.41) is 3.31. The van der Waals surface area contributed by atoms with E-state index in [9.17, 15) is 4.79 Å². The third-order valence-corrected chi connectivity index (χ3v) is 3.01. The molecule has 0 aliphatic carbocycles. The molecule has 1 N–H and O–H groups in total. The number of hydrogen-bond acceptors (Lipinski definition) is 3. The predicted molar refractivity (Wildman–Crippen MR) is 58.9 cm³/mol. The van der Waals surface area contributed by atoms with Crippen LogP contribution in [-0.4, -0.2) is 19.6 Å². The average molecular weight is 205 g/mol. The molecule has 1 aliphatic rings. The van der Waals surface area contributed by atoms with Crippen molar-refractivity contribution in [2.75, 3.05) is 19.0 Å². The fourth-order valence-electron chi connectivity index (χ4n) is 2.10. The minimum atomic E-state index is -0.156. The van der Waals surface area contributed by atoms with Crippen LogP contribution in [0.5, 0.6) is 0 Å². The van der Waals surface area contributed by atoms with Crippen LogP contribution in [0.25, 0.3) is 0 Å². The van der Waals surface area contributed by atoms with E-state index in [2.05, 4.69) is 18.3 Å². The largest absolute Gasteiger partial charge is 0.469 e. The second-order valence-corrected chi connectivity index (χ2v) is 4.21. The summed E-state index contributed by atoms with van der Waals surface area (Å²) in [5.74, 6) is -0.156. The van der Waals surface area contributed by atoms with Crippen LogP contribution in [0.2, 0.25) is 0 Å². The minimum Gasteiger partial charge on any atom is -0.469 e. The molecule has 1 aliphatic heterocycles. The van der Waals surface area contributed by atoms with Gasteiger partial charge in [-0.3, -0.25) is 4.79 Å². The number of benzene rings is 1. The summed E-state index contributed by atoms with van der Waals surface area (Å²) in [6.07, 6.45) is 0.424. The Kier molecular flexibility index (Phi) is 2.39. The number of anilines is 1. The fraction of sp³-hybridized carbons (Fsp3) is 0.417. The second-order valence-electron chi connectivity index (χ2n) is 4.21. The van der Waals surface area contributed by atoms with E-state index in [4.69, 9.17) is 4.74 Å². The highest BCUT2D eigenvalue weighted by Gasteiger charge is 2.36. The van der Waals surface area contributed by atoms with Gasteiger partial charge in [0.05, 0.1) is 13.5 Å². The summed E-state index contributed by atoms with van der Waals surface area (Å²) in [5.41, 5.74) is 2.20. The van der Waals surface area contributed by atoms with E-state index in [0.29, 0.717) is 6.42 Å². The zero-order valence-corrected chi connectivity index (χ0v) is 9.04. The zero-order chi connectivity index (χ0) is 10.9. The highest BCUT2D eigenvalue weighted by Crippen LogP contribution is 2.38. The Balaban J connectivity index is 2.28. The molecule has 1 aromatic rings. The van der Waals surface area contributed by atoms with Crippen molar-refractivity contribution in [1.82, 2.24) is 0 Å². The molecule has 0 radical (unpaired) electrons. The van der Waals surface area contributed by atoms with E-state index in [0.717, 1.165) is 12.2 Å². The molecule has 0 saturated carbocycles. The van der Waals surface area contributed by atoms with Gasteiger partial charge in [0.15, 0.2) is 0 Å². The molecule has 80 valence electrons. The van der Waals surface area contributed by atoms with Crippen molar-refractivity contribution in [2.45, 2.75) is 18.8 Å². The van der Waals surface area contributed by atoms with E-state index in [1.54, 1.807) is 0 Å². The Morgan fingerprint density at radius 3 is 3.00 bits per heavy atom. The number of nitrogens with one attached hydrogen (secondary N) is 1. The van der Waals surface area contributed by atoms with Crippen molar-refractivity contribution in [3.63, 3.8) is 0 Å². The molecule has 0 aromatic heterocycles. The Morgan fingerprint density at radius 1 is 1.53 bits per heavy atom. The molecule has 3 heteroatoms. The van der Waals surface area contributed by atoms with E-state index in [1.165, 1.54) is 12.7 Å². The minimum absolute atomic E-state index is 0.135. The van der Waals surface area contributed by atoms with E-state index >= 15 is 0 Å². The number of carbonyl (C=O) groups is 1. The standard InChI is InChI=1S/C12H15NO2/c1-12(7-11(14)15-2)8-13-10-6-4-3-5-9(10)12/h3-6,13H,7-8H2,1-2H3. The van der Waals surface area contributed by atoms with Gasteiger partial charge in [-0.15, -0.1) is 0 Å². The van der Waals surface area contributed by atoms with Crippen LogP contribution in [-0.2, 0) is 14.9 Å². The van der Waals surface area contributed by atoms with Crippen molar-refractivity contribution in [3.8, 4) is 0 Å². The van der Waals surface area contributed by atoms with Gasteiger partial charge in [0.25, 0.3) is 0 Å². The van der Waals surface area contributed by atoms with Crippen LogP contribution in [0.3, 0.4) is 0 Å². The fourth-order valence-corrected chi connectivity index (χ4v) is 2.10. The van der Waals surface area contributed by atoms with Gasteiger partial charge < -0.3 is 10.1 Å². The number of fused-ring (bicyclic) bond motifs is 1. The van der Waals surface area contributed by atoms with Crippen molar-refractivity contribution in [1.29, 1.82) is 0 Å². The summed E-state index contributed by atoms with van der Waals surface area (Å²) in [6.45, 7) is 2.88. The van der Waals surface area contributed by atoms with E-state index in [1.807, 2.05) is 18.2 Å². The third kappa shape index (κ3) is 1.69. The predicted octanol–water partition coefficient (Wildman–Crippen LogP) is 1.93. The molecule has 0 amide bonds. The van der Waals surface area contributed by atoms with E-state index in [-0.39, 0.29) is 11.4 Å². The maximum Gasteiger partial charge on any atom is 0.306 e. The molecular weight excluding hydrogens is 190 g/mol. The summed E-state index contributed by atoms with van der Waals surface area (Å²) in [6, 6.07) is 8.10. The van der Waals surface area contributed by atoms with Gasteiger partial charge in [-0.05, 0) is 11.6 Å². The summed E-state index contributed by atoms with van der Waals surface area (Å²) in [4.78, 5) is 11.3. The average Bonchev–Trinajstić information content (AvgIpc) is 2.57. The first-order chi connectivity index (χ1) is 7.15. The number of methoxy groups -OCH3 is 1. The lowest BCUT2D eigenvalue weighted by atomic mass is 9.81. The first-order valence-electron chi connectivity index (χ1n) is 5.06. The Labute approximate surface area is 89.4 Å². The first kappa shape index (κ1) is 10.0. The number of ether oxygens (including phenoxy) is 1. The lowest BCUT2D eigenvalue weighted by Gasteiger charge is -2.22. The van der Waals surface area contributed by atoms with Crippen molar-refractivity contribution in [2.24, 2.45) is 0 Å². The molecule has 0 saturated heterocycles. The second kappa shape index (κ2) is 3.57. The molecule has 1 aromatic carbocycles. The van der Waals surface area contributed by atoms with Gasteiger partial charge in [-0.2, -0.15) is 0 Å². The van der Waals surface area contributed by atoms with Crippen molar-refractivity contribution >= 4 is 11.7 Å². The molecule has 3 nitrogen and oxygen atoms in total. The molecule has 2 rings (SSSR count). The Morgan fingerprint density at radius 2 is 2.27 bits per heavy atom. The maximum absolute atomic E-state index is 11.3. The highest BCUT2D eigenvalue weighted by atomic mass is 16.5. The topological polar surface area (TPSA) is 38.3 Å². The number of rotatable bonds is 2. The molecule has 1 atom stereocenters. The normalized spacial score (nSPS) is 23.1. The number of esters is 1. The Bertz CT molecular complexity index is 389. The van der Waals surface area contributed by atoms with Crippen molar-refractivity contribution < 1.29 is 9.53 Å². The van der Waals surface area contributed by atoms with Crippen LogP contribution in [0.4, 0.5) is 5.69 Å². The summed E-state index contributed by atoms with van der Waals surface area (Å²) < 4.78 is 4.73. The van der Waals surface area contributed by atoms with Gasteiger partial charge in [0, 0.05) is 17.6 Å². The van der Waals surface area contributed by atoms with Gasteiger partial charge in [-0.25, -0.2) is 0 Å². The van der Waals surface area contributed by atoms with Crippen LogP contribution in [0.1, 0.15) is 18.9 Å². The molecule has 0 spiro atoms. The smallest absolute Gasteiger partial charge is 0.306 e. The summed E-state index contributed by atoms with van der Waals surface area (Å²) >= 11 is 0. The third-order valence-electron chi connectivity index (χ3n) is 3.01. The lowest BCUT2D eigenvalue weighted by Crippen LogP contribution is -2.28. The Hall–Kier alpha value is -1.51. The highest BCUT2D eigenvalue weighted by molar-refractivity contribution is 5.74. The maximum atomic E-state index is 11.3. The van der Waals surface area contributed by atoms with Crippen LogP contribution in [0, 0.1) is 0 Å². The number of carbonyl (C=O) groups excluding carboxylic acids is 1. The molecular formula is C12H15NO2. The molecule has 1 heterocycles. The zero-order valence-electron chi connectivity index (χ0n) is 9.04. The monoisotopic (exact) mass is 205 g/mol. The number of para-hydroxylation sites is 1. The first-order valence-corrected chi connectivity index (χ1v) is 5.06. The number of hydrogen-bond donors (Lipinski definition) is 1. The van der Waals surface area contributed by atoms with Gasteiger partial charge in [0.2, 0.25) is 0 Å².